The Labute approximate surface area is 99.4 Å². The van der Waals surface area contributed by atoms with E-state index in [-0.39, 0.29) is 0 Å². The first kappa shape index (κ1) is 12.8. The molecule has 0 aromatic heterocycles. The maximum absolute atomic E-state index is 11.4. The molecule has 2 N–H and O–H groups in total. The van der Waals surface area contributed by atoms with E-state index in [1.54, 1.807) is 12.1 Å². The highest BCUT2D eigenvalue weighted by molar-refractivity contribution is 6.03. The molecule has 0 radical (unpaired) electrons. The molecule has 0 aliphatic rings. The van der Waals surface area contributed by atoms with E-state index in [1.807, 2.05) is 31.1 Å². The third-order valence-electron chi connectivity index (χ3n) is 2.02. The van der Waals surface area contributed by atoms with Crippen molar-refractivity contribution in [1.82, 2.24) is 0 Å². The van der Waals surface area contributed by atoms with Gasteiger partial charge in [-0.2, -0.15) is 0 Å². The van der Waals surface area contributed by atoms with Gasteiger partial charge >= 0.3 is 5.97 Å². The van der Waals surface area contributed by atoms with Crippen molar-refractivity contribution in [3.8, 4) is 0 Å². The van der Waals surface area contributed by atoms with Crippen molar-refractivity contribution in [1.29, 1.82) is 0 Å². The first-order valence-electron chi connectivity index (χ1n) is 4.99. The van der Waals surface area contributed by atoms with E-state index in [9.17, 15) is 9.59 Å². The fourth-order valence-corrected chi connectivity index (χ4v) is 1.29. The molecular weight excluding hydrogens is 220 g/mol. The predicted octanol–water partition coefficient (Wildman–Crippen LogP) is 1.33. The molecule has 1 rings (SSSR count). The van der Waals surface area contributed by atoms with Gasteiger partial charge in [0, 0.05) is 26.2 Å². The first-order valence-corrected chi connectivity index (χ1v) is 4.99. The molecular formula is C12H14N2O3. The van der Waals surface area contributed by atoms with Crippen LogP contribution in [-0.2, 0) is 9.59 Å². The van der Waals surface area contributed by atoms with Gasteiger partial charge in [-0.25, -0.2) is 4.79 Å². The second-order valence-corrected chi connectivity index (χ2v) is 3.57. The number of carboxylic acids is 1. The molecule has 0 fully saturated rings. The first-order chi connectivity index (χ1) is 8.00. The molecule has 0 saturated heterocycles. The van der Waals surface area contributed by atoms with E-state index in [0.29, 0.717) is 5.69 Å². The third kappa shape index (κ3) is 3.98. The molecule has 17 heavy (non-hydrogen) atoms. The van der Waals surface area contributed by atoms with E-state index >= 15 is 0 Å². The van der Waals surface area contributed by atoms with Crippen LogP contribution in [-0.4, -0.2) is 31.1 Å². The number of carbonyl (C=O) groups excluding carboxylic acids is 1. The topological polar surface area (TPSA) is 69.6 Å². The summed E-state index contributed by atoms with van der Waals surface area (Å²) >= 11 is 0. The summed E-state index contributed by atoms with van der Waals surface area (Å²) in [7, 11) is 3.72. The SMILES string of the molecule is CN(C)c1ccccc1NC(=O)C=CC(=O)O. The van der Waals surface area contributed by atoms with Crippen LogP contribution in [0.2, 0.25) is 0 Å². The van der Waals surface area contributed by atoms with Gasteiger partial charge in [-0.3, -0.25) is 4.79 Å². The average molecular weight is 234 g/mol. The number of nitrogens with zero attached hydrogens (tertiary/aromatic N) is 1. The van der Waals surface area contributed by atoms with Gasteiger partial charge < -0.3 is 15.3 Å². The van der Waals surface area contributed by atoms with Crippen LogP contribution < -0.4 is 10.2 Å². The van der Waals surface area contributed by atoms with Crippen molar-refractivity contribution >= 4 is 23.3 Å². The van der Waals surface area contributed by atoms with Gasteiger partial charge in [-0.05, 0) is 12.1 Å². The predicted molar refractivity (Wildman–Crippen MR) is 66.2 cm³/mol. The molecule has 0 aliphatic carbocycles. The second kappa shape index (κ2) is 5.69. The van der Waals surface area contributed by atoms with Crippen molar-refractivity contribution in [2.75, 3.05) is 24.3 Å². The highest BCUT2D eigenvalue weighted by Gasteiger charge is 2.05. The summed E-state index contributed by atoms with van der Waals surface area (Å²) in [6.07, 6.45) is 1.78. The maximum Gasteiger partial charge on any atom is 0.328 e. The maximum atomic E-state index is 11.4. The van der Waals surface area contributed by atoms with Gasteiger partial charge in [-0.15, -0.1) is 0 Å². The summed E-state index contributed by atoms with van der Waals surface area (Å²) in [5.41, 5.74) is 1.49. The Morgan fingerprint density at radius 1 is 1.24 bits per heavy atom. The Balaban J connectivity index is 2.81. The summed E-state index contributed by atoms with van der Waals surface area (Å²) in [4.78, 5) is 23.5. The van der Waals surface area contributed by atoms with Crippen molar-refractivity contribution in [3.63, 3.8) is 0 Å². The summed E-state index contributed by atoms with van der Waals surface area (Å²) in [6.45, 7) is 0. The van der Waals surface area contributed by atoms with Crippen LogP contribution in [0.5, 0.6) is 0 Å². The van der Waals surface area contributed by atoms with E-state index < -0.39 is 11.9 Å². The zero-order chi connectivity index (χ0) is 12.8. The number of amides is 1. The minimum absolute atomic E-state index is 0.471. The van der Waals surface area contributed by atoms with Crippen LogP contribution in [0.25, 0.3) is 0 Å². The molecule has 5 heteroatoms. The largest absolute Gasteiger partial charge is 0.478 e. The molecule has 0 bridgehead atoms. The number of para-hydroxylation sites is 2. The van der Waals surface area contributed by atoms with E-state index in [0.717, 1.165) is 17.8 Å². The normalized spacial score (nSPS) is 10.2. The van der Waals surface area contributed by atoms with Crippen LogP contribution in [0.3, 0.4) is 0 Å². The second-order valence-electron chi connectivity index (χ2n) is 3.57. The van der Waals surface area contributed by atoms with E-state index in [4.69, 9.17) is 5.11 Å². The summed E-state index contributed by atoms with van der Waals surface area (Å²) in [6, 6.07) is 7.26. The van der Waals surface area contributed by atoms with Crippen molar-refractivity contribution in [2.45, 2.75) is 0 Å². The number of benzene rings is 1. The molecule has 5 nitrogen and oxygen atoms in total. The lowest BCUT2D eigenvalue weighted by Crippen LogP contribution is -2.15. The summed E-state index contributed by atoms with van der Waals surface area (Å²) in [5, 5.41) is 11.0. The lowest BCUT2D eigenvalue weighted by Gasteiger charge is -2.17. The molecule has 0 spiro atoms. The van der Waals surface area contributed by atoms with Crippen LogP contribution in [0.15, 0.2) is 36.4 Å². The van der Waals surface area contributed by atoms with E-state index in [1.165, 1.54) is 0 Å². The number of carboxylic acid groups (broad SMARTS) is 1. The number of carbonyl (C=O) groups is 2. The van der Waals surface area contributed by atoms with Crippen LogP contribution >= 0.6 is 0 Å². The van der Waals surface area contributed by atoms with Crippen LogP contribution in [0.1, 0.15) is 0 Å². The standard InChI is InChI=1S/C12H14N2O3/c1-14(2)10-6-4-3-5-9(10)13-11(15)7-8-12(16)17/h3-8H,1-2H3,(H,13,15)(H,16,17). The fourth-order valence-electron chi connectivity index (χ4n) is 1.29. The van der Waals surface area contributed by atoms with Crippen molar-refractivity contribution < 1.29 is 14.7 Å². The van der Waals surface area contributed by atoms with Crippen LogP contribution in [0.4, 0.5) is 11.4 Å². The monoisotopic (exact) mass is 234 g/mol. The average Bonchev–Trinajstić information content (AvgIpc) is 2.27. The van der Waals surface area contributed by atoms with Crippen molar-refractivity contribution in [2.24, 2.45) is 0 Å². The van der Waals surface area contributed by atoms with Gasteiger partial charge in [0.25, 0.3) is 0 Å². The summed E-state index contributed by atoms with van der Waals surface area (Å²) < 4.78 is 0. The van der Waals surface area contributed by atoms with Crippen LogP contribution in [0, 0.1) is 0 Å². The minimum Gasteiger partial charge on any atom is -0.478 e. The number of hydrogen-bond acceptors (Lipinski definition) is 3. The Morgan fingerprint density at radius 2 is 1.88 bits per heavy atom. The lowest BCUT2D eigenvalue weighted by molar-refractivity contribution is -0.131. The van der Waals surface area contributed by atoms with Gasteiger partial charge in [-0.1, -0.05) is 12.1 Å². The molecule has 1 amide bonds. The smallest absolute Gasteiger partial charge is 0.328 e. The zero-order valence-electron chi connectivity index (χ0n) is 9.68. The quantitative estimate of drug-likeness (QED) is 0.771. The Bertz CT molecular complexity index is 453. The molecule has 0 aliphatic heterocycles. The highest BCUT2D eigenvalue weighted by atomic mass is 16.4. The molecule has 1 aromatic carbocycles. The molecule has 1 aromatic rings. The number of anilines is 2. The Morgan fingerprint density at radius 3 is 2.47 bits per heavy atom. The Kier molecular flexibility index (Phi) is 4.28. The van der Waals surface area contributed by atoms with Gasteiger partial charge in [0.05, 0.1) is 11.4 Å². The number of hydrogen-bond donors (Lipinski definition) is 2. The van der Waals surface area contributed by atoms with E-state index in [2.05, 4.69) is 5.32 Å². The molecule has 0 heterocycles. The fraction of sp³-hybridized carbons (Fsp3) is 0.167. The van der Waals surface area contributed by atoms with Gasteiger partial charge in [0.2, 0.25) is 5.91 Å². The highest BCUT2D eigenvalue weighted by Crippen LogP contribution is 2.23. The molecule has 0 saturated carbocycles. The third-order valence-corrected chi connectivity index (χ3v) is 2.02. The molecule has 90 valence electrons. The summed E-state index contributed by atoms with van der Waals surface area (Å²) in [5.74, 6) is -1.62. The number of nitrogens with one attached hydrogen (secondary N) is 1. The zero-order valence-corrected chi connectivity index (χ0v) is 9.68. The Hall–Kier alpha value is -2.30. The number of rotatable bonds is 4. The van der Waals surface area contributed by atoms with Gasteiger partial charge in [0.1, 0.15) is 0 Å². The lowest BCUT2D eigenvalue weighted by atomic mass is 10.2. The number of aliphatic carboxylic acids is 1. The molecule has 0 atom stereocenters. The minimum atomic E-state index is -1.15. The van der Waals surface area contributed by atoms with Crippen molar-refractivity contribution in [3.05, 3.63) is 36.4 Å². The molecule has 0 unspecified atom stereocenters. The van der Waals surface area contributed by atoms with Gasteiger partial charge in [0.15, 0.2) is 0 Å².